The van der Waals surface area contributed by atoms with Crippen molar-refractivity contribution in [2.75, 3.05) is 6.61 Å². The van der Waals surface area contributed by atoms with Crippen molar-refractivity contribution in [2.24, 2.45) is 5.92 Å². The van der Waals surface area contributed by atoms with E-state index >= 15 is 0 Å². The maximum atomic E-state index is 5.80. The van der Waals surface area contributed by atoms with Crippen molar-refractivity contribution in [3.63, 3.8) is 0 Å². The lowest BCUT2D eigenvalue weighted by molar-refractivity contribution is 0.188. The molecule has 106 valence electrons. The Kier molecular flexibility index (Phi) is 3.81. The summed E-state index contributed by atoms with van der Waals surface area (Å²) in [5.41, 5.74) is 2.68. The maximum Gasteiger partial charge on any atom is 0.124 e. The van der Waals surface area contributed by atoms with E-state index in [1.165, 1.54) is 20.9 Å². The Morgan fingerprint density at radius 3 is 2.85 bits per heavy atom. The summed E-state index contributed by atoms with van der Waals surface area (Å²) < 4.78 is 5.80. The lowest BCUT2D eigenvalue weighted by Gasteiger charge is -2.32. The lowest BCUT2D eigenvalue weighted by Crippen LogP contribution is -2.33. The fourth-order valence-electron chi connectivity index (χ4n) is 2.75. The number of rotatable bonds is 3. The van der Waals surface area contributed by atoms with E-state index in [-0.39, 0.29) is 0 Å². The van der Waals surface area contributed by atoms with Crippen molar-refractivity contribution in [1.29, 1.82) is 0 Å². The highest BCUT2D eigenvalue weighted by Gasteiger charge is 2.27. The predicted octanol–water partition coefficient (Wildman–Crippen LogP) is 4.22. The number of aryl methyl sites for hydroxylation is 2. The minimum absolute atomic E-state index is 0.377. The highest BCUT2D eigenvalue weighted by Crippen LogP contribution is 2.35. The highest BCUT2D eigenvalue weighted by atomic mass is 32.1. The van der Waals surface area contributed by atoms with Crippen LogP contribution in [0.4, 0.5) is 0 Å². The number of ether oxygens (including phenoxy) is 1. The molecule has 1 aromatic carbocycles. The minimum Gasteiger partial charge on any atom is -0.493 e. The van der Waals surface area contributed by atoms with Crippen LogP contribution in [0.2, 0.25) is 0 Å². The van der Waals surface area contributed by atoms with Gasteiger partial charge in [0.1, 0.15) is 5.75 Å². The van der Waals surface area contributed by atoms with Crippen LogP contribution in [0.3, 0.4) is 0 Å². The van der Waals surface area contributed by atoms with Gasteiger partial charge < -0.3 is 10.1 Å². The first kappa shape index (κ1) is 13.7. The number of fused-ring (bicyclic) bond motifs is 1. The van der Waals surface area contributed by atoms with Gasteiger partial charge in [-0.1, -0.05) is 25.1 Å². The van der Waals surface area contributed by atoms with Gasteiger partial charge in [-0.2, -0.15) is 0 Å². The Bertz CT molecular complexity index is 585. The van der Waals surface area contributed by atoms with Crippen molar-refractivity contribution in [2.45, 2.75) is 33.4 Å². The Labute approximate surface area is 124 Å². The van der Waals surface area contributed by atoms with Crippen LogP contribution >= 0.6 is 11.3 Å². The molecule has 2 atom stereocenters. The molecule has 2 heterocycles. The quantitative estimate of drug-likeness (QED) is 0.912. The van der Waals surface area contributed by atoms with Gasteiger partial charge in [0.25, 0.3) is 0 Å². The van der Waals surface area contributed by atoms with Crippen molar-refractivity contribution in [3.8, 4) is 5.75 Å². The van der Waals surface area contributed by atoms with Crippen molar-refractivity contribution in [1.82, 2.24) is 5.32 Å². The molecule has 0 radical (unpaired) electrons. The van der Waals surface area contributed by atoms with Gasteiger partial charge in [0.2, 0.25) is 0 Å². The van der Waals surface area contributed by atoms with E-state index in [4.69, 9.17) is 4.74 Å². The minimum atomic E-state index is 0.377. The molecule has 3 rings (SSSR count). The highest BCUT2D eigenvalue weighted by molar-refractivity contribution is 7.12. The second kappa shape index (κ2) is 5.58. The van der Waals surface area contributed by atoms with E-state index in [1.807, 2.05) is 17.4 Å². The molecule has 1 aromatic heterocycles. The van der Waals surface area contributed by atoms with Crippen LogP contribution < -0.4 is 10.1 Å². The van der Waals surface area contributed by atoms with Gasteiger partial charge in [0.15, 0.2) is 0 Å². The molecule has 2 nitrogen and oxygen atoms in total. The third-order valence-corrected chi connectivity index (χ3v) is 5.19. The number of thiophene rings is 1. The van der Waals surface area contributed by atoms with Crippen molar-refractivity contribution in [3.05, 3.63) is 51.2 Å². The van der Waals surface area contributed by atoms with E-state index in [0.29, 0.717) is 12.0 Å². The first-order chi connectivity index (χ1) is 9.65. The molecule has 2 unspecified atom stereocenters. The van der Waals surface area contributed by atoms with Gasteiger partial charge in [0.05, 0.1) is 6.61 Å². The molecule has 1 aliphatic rings. The van der Waals surface area contributed by atoms with Crippen LogP contribution in [-0.2, 0) is 6.54 Å². The van der Waals surface area contributed by atoms with Crippen LogP contribution in [0.25, 0.3) is 0 Å². The molecule has 0 amide bonds. The number of hydrogen-bond donors (Lipinski definition) is 1. The average molecular weight is 287 g/mol. The summed E-state index contributed by atoms with van der Waals surface area (Å²) in [6.07, 6.45) is 0. The van der Waals surface area contributed by atoms with Crippen LogP contribution in [0, 0.1) is 19.8 Å². The molecular formula is C17H21NOS. The molecule has 20 heavy (non-hydrogen) atoms. The SMILES string of the molecule is Cc1cc(CNC2c3ccccc3OCC2C)sc1C. The second-order valence-corrected chi connectivity index (χ2v) is 6.98. The summed E-state index contributed by atoms with van der Waals surface area (Å²) in [6.45, 7) is 8.34. The van der Waals surface area contributed by atoms with E-state index in [2.05, 4.69) is 50.4 Å². The van der Waals surface area contributed by atoms with E-state index in [0.717, 1.165) is 18.9 Å². The standard InChI is InChI=1S/C17H21NOS/c1-11-8-14(20-13(11)3)9-18-17-12(2)10-19-16-7-5-4-6-15(16)17/h4-8,12,17-18H,9-10H2,1-3H3. The molecule has 1 aliphatic heterocycles. The molecule has 0 saturated carbocycles. The van der Waals surface area contributed by atoms with Gasteiger partial charge in [-0.15, -0.1) is 11.3 Å². The van der Waals surface area contributed by atoms with Gasteiger partial charge in [-0.3, -0.25) is 0 Å². The molecule has 0 spiro atoms. The lowest BCUT2D eigenvalue weighted by atomic mass is 9.92. The number of benzene rings is 1. The summed E-state index contributed by atoms with van der Waals surface area (Å²) in [5.74, 6) is 1.52. The van der Waals surface area contributed by atoms with Crippen LogP contribution in [0.5, 0.6) is 5.75 Å². The molecule has 1 N–H and O–H groups in total. The Morgan fingerprint density at radius 1 is 1.30 bits per heavy atom. The number of para-hydroxylation sites is 1. The van der Waals surface area contributed by atoms with Crippen LogP contribution in [0.15, 0.2) is 30.3 Å². The van der Waals surface area contributed by atoms with E-state index in [1.54, 1.807) is 0 Å². The van der Waals surface area contributed by atoms with E-state index in [9.17, 15) is 0 Å². The largest absolute Gasteiger partial charge is 0.493 e. The summed E-state index contributed by atoms with van der Waals surface area (Å²) in [5, 5.41) is 3.71. The zero-order chi connectivity index (χ0) is 14.1. The summed E-state index contributed by atoms with van der Waals surface area (Å²) >= 11 is 1.89. The fraction of sp³-hybridized carbons (Fsp3) is 0.412. The zero-order valence-electron chi connectivity index (χ0n) is 12.3. The van der Waals surface area contributed by atoms with Gasteiger partial charge >= 0.3 is 0 Å². The van der Waals surface area contributed by atoms with Gasteiger partial charge in [-0.05, 0) is 31.5 Å². The topological polar surface area (TPSA) is 21.3 Å². The fourth-order valence-corrected chi connectivity index (χ4v) is 3.76. The zero-order valence-corrected chi connectivity index (χ0v) is 13.1. The smallest absolute Gasteiger partial charge is 0.124 e. The second-order valence-electron chi connectivity index (χ2n) is 5.64. The summed E-state index contributed by atoms with van der Waals surface area (Å²) in [7, 11) is 0. The maximum absolute atomic E-state index is 5.80. The van der Waals surface area contributed by atoms with Crippen LogP contribution in [-0.4, -0.2) is 6.61 Å². The van der Waals surface area contributed by atoms with Crippen molar-refractivity contribution >= 4 is 11.3 Å². The Hall–Kier alpha value is -1.32. The normalized spacial score (nSPS) is 21.4. The summed E-state index contributed by atoms with van der Waals surface area (Å²) in [4.78, 5) is 2.83. The van der Waals surface area contributed by atoms with E-state index < -0.39 is 0 Å². The van der Waals surface area contributed by atoms with Gasteiger partial charge in [-0.25, -0.2) is 0 Å². The predicted molar refractivity (Wildman–Crippen MR) is 84.5 cm³/mol. The monoisotopic (exact) mass is 287 g/mol. The third-order valence-electron chi connectivity index (χ3n) is 4.04. The van der Waals surface area contributed by atoms with Crippen LogP contribution in [0.1, 0.15) is 33.8 Å². The average Bonchev–Trinajstić information content (AvgIpc) is 2.77. The first-order valence-corrected chi connectivity index (χ1v) is 7.98. The third kappa shape index (κ3) is 2.60. The molecule has 0 bridgehead atoms. The Balaban J connectivity index is 1.76. The molecule has 0 saturated heterocycles. The molecule has 0 aliphatic carbocycles. The first-order valence-electron chi connectivity index (χ1n) is 7.16. The number of nitrogens with one attached hydrogen (secondary N) is 1. The Morgan fingerprint density at radius 2 is 2.10 bits per heavy atom. The molecule has 0 fully saturated rings. The molecule has 2 aromatic rings. The molecule has 3 heteroatoms. The summed E-state index contributed by atoms with van der Waals surface area (Å²) in [6, 6.07) is 11.0. The van der Waals surface area contributed by atoms with Crippen molar-refractivity contribution < 1.29 is 4.74 Å². The molecular weight excluding hydrogens is 266 g/mol. The van der Waals surface area contributed by atoms with Gasteiger partial charge in [0, 0.05) is 33.8 Å². The number of hydrogen-bond acceptors (Lipinski definition) is 3.